The largest absolute Gasteiger partial charge is 0.481 e. The van der Waals surface area contributed by atoms with Crippen molar-refractivity contribution in [1.29, 1.82) is 0 Å². The number of amides is 1. The molecule has 1 aliphatic rings. The highest BCUT2D eigenvalue weighted by molar-refractivity contribution is 5.83. The van der Waals surface area contributed by atoms with Crippen LogP contribution in [0.5, 0.6) is 0 Å². The Morgan fingerprint density at radius 1 is 1.65 bits per heavy atom. The van der Waals surface area contributed by atoms with Gasteiger partial charge in [-0.25, -0.2) is 0 Å². The minimum atomic E-state index is -1.07. The van der Waals surface area contributed by atoms with E-state index in [-0.39, 0.29) is 19.1 Å². The average molecular weight is 244 g/mol. The molecule has 1 heterocycles. The number of hydrogen-bond donors (Lipinski definition) is 3. The molecule has 1 saturated heterocycles. The first-order valence-corrected chi connectivity index (χ1v) is 5.79. The molecule has 0 aliphatic carbocycles. The topological polar surface area (TPSA) is 102 Å². The van der Waals surface area contributed by atoms with Crippen molar-refractivity contribution in [2.45, 2.75) is 38.8 Å². The fourth-order valence-corrected chi connectivity index (χ4v) is 1.81. The molecular weight excluding hydrogens is 224 g/mol. The number of ether oxygens (including phenoxy) is 1. The summed E-state index contributed by atoms with van der Waals surface area (Å²) >= 11 is 0. The summed E-state index contributed by atoms with van der Waals surface area (Å²) in [6.07, 6.45) is 1.40. The fraction of sp³-hybridized carbons (Fsp3) is 0.818. The summed E-state index contributed by atoms with van der Waals surface area (Å²) in [5.74, 6) is -1.28. The molecule has 0 bridgehead atoms. The number of carbonyl (C=O) groups excluding carboxylic acids is 1. The second kappa shape index (κ2) is 5.46. The third kappa shape index (κ3) is 2.95. The molecule has 1 fully saturated rings. The Bertz CT molecular complexity index is 308. The zero-order valence-corrected chi connectivity index (χ0v) is 10.2. The van der Waals surface area contributed by atoms with Gasteiger partial charge < -0.3 is 20.9 Å². The van der Waals surface area contributed by atoms with E-state index in [0.717, 1.165) is 6.42 Å². The van der Waals surface area contributed by atoms with E-state index in [1.807, 2.05) is 6.92 Å². The van der Waals surface area contributed by atoms with Crippen molar-refractivity contribution in [1.82, 2.24) is 5.32 Å². The van der Waals surface area contributed by atoms with Gasteiger partial charge in [0.1, 0.15) is 5.41 Å². The highest BCUT2D eigenvalue weighted by Crippen LogP contribution is 2.28. The lowest BCUT2D eigenvalue weighted by Crippen LogP contribution is -2.53. The van der Waals surface area contributed by atoms with Gasteiger partial charge in [-0.15, -0.1) is 0 Å². The number of carboxylic acids is 1. The maximum Gasteiger partial charge on any atom is 0.313 e. The van der Waals surface area contributed by atoms with Gasteiger partial charge in [0, 0.05) is 0 Å². The van der Waals surface area contributed by atoms with Gasteiger partial charge in [-0.05, 0) is 13.3 Å². The number of nitrogens with two attached hydrogens (primary N) is 1. The lowest BCUT2D eigenvalue weighted by atomic mass is 9.85. The van der Waals surface area contributed by atoms with Gasteiger partial charge >= 0.3 is 5.97 Å². The molecule has 6 heteroatoms. The Hall–Kier alpha value is -1.14. The Morgan fingerprint density at radius 2 is 2.29 bits per heavy atom. The minimum Gasteiger partial charge on any atom is -0.481 e. The monoisotopic (exact) mass is 244 g/mol. The third-order valence-electron chi connectivity index (χ3n) is 3.20. The van der Waals surface area contributed by atoms with Crippen molar-refractivity contribution in [2.24, 2.45) is 11.1 Å². The molecule has 0 radical (unpaired) electrons. The predicted molar refractivity (Wildman–Crippen MR) is 61.4 cm³/mol. The predicted octanol–water partition coefficient (Wildman–Crippen LogP) is -0.280. The molecule has 1 aliphatic heterocycles. The molecule has 0 saturated carbocycles. The molecule has 0 aromatic carbocycles. The second-order valence-corrected chi connectivity index (χ2v) is 4.69. The van der Waals surface area contributed by atoms with Gasteiger partial charge in [0.2, 0.25) is 5.91 Å². The van der Waals surface area contributed by atoms with Crippen LogP contribution in [0.25, 0.3) is 0 Å². The van der Waals surface area contributed by atoms with E-state index in [4.69, 9.17) is 15.6 Å². The van der Waals surface area contributed by atoms with Crippen LogP contribution in [-0.4, -0.2) is 42.3 Å². The first-order chi connectivity index (χ1) is 7.91. The lowest BCUT2D eigenvalue weighted by molar-refractivity contribution is -0.149. The summed E-state index contributed by atoms with van der Waals surface area (Å²) in [5.41, 5.74) is 4.60. The van der Waals surface area contributed by atoms with Crippen LogP contribution in [0.1, 0.15) is 26.7 Å². The number of carbonyl (C=O) groups is 2. The van der Waals surface area contributed by atoms with Gasteiger partial charge in [0.25, 0.3) is 0 Å². The van der Waals surface area contributed by atoms with E-state index in [2.05, 4.69) is 5.32 Å². The molecule has 0 aromatic heterocycles. The third-order valence-corrected chi connectivity index (χ3v) is 3.20. The van der Waals surface area contributed by atoms with Crippen molar-refractivity contribution in [3.05, 3.63) is 0 Å². The second-order valence-electron chi connectivity index (χ2n) is 4.69. The summed E-state index contributed by atoms with van der Waals surface area (Å²) in [5, 5.41) is 11.8. The standard InChI is InChI=1S/C11H20N2O4/c1-3-4-7(12)9(14)13-8-5-17-6-11(8,2)10(15)16/h7-8H,3-6,12H2,1-2H3,(H,13,14)(H,15,16)/t7-,8?,11?/m0/s1. The fourth-order valence-electron chi connectivity index (χ4n) is 1.81. The summed E-state index contributed by atoms with van der Waals surface area (Å²) in [6, 6.07) is -1.10. The van der Waals surface area contributed by atoms with Crippen LogP contribution in [0, 0.1) is 5.41 Å². The first kappa shape index (κ1) is 13.9. The van der Waals surface area contributed by atoms with Crippen molar-refractivity contribution in [2.75, 3.05) is 13.2 Å². The Morgan fingerprint density at radius 3 is 2.82 bits per heavy atom. The summed E-state index contributed by atoms with van der Waals surface area (Å²) in [7, 11) is 0. The smallest absolute Gasteiger partial charge is 0.313 e. The van der Waals surface area contributed by atoms with E-state index in [0.29, 0.717) is 6.42 Å². The van der Waals surface area contributed by atoms with E-state index in [9.17, 15) is 9.59 Å². The zero-order chi connectivity index (χ0) is 13.1. The Kier molecular flexibility index (Phi) is 4.47. The van der Waals surface area contributed by atoms with Gasteiger partial charge in [0.05, 0.1) is 25.3 Å². The van der Waals surface area contributed by atoms with Crippen LogP contribution in [0.15, 0.2) is 0 Å². The number of nitrogens with one attached hydrogen (secondary N) is 1. The SMILES string of the molecule is CCC[C@H](N)C(=O)NC1COCC1(C)C(=O)O. The summed E-state index contributed by atoms with van der Waals surface area (Å²) < 4.78 is 5.14. The van der Waals surface area contributed by atoms with E-state index < -0.39 is 23.5 Å². The maximum absolute atomic E-state index is 11.7. The Balaban J connectivity index is 2.62. The van der Waals surface area contributed by atoms with Crippen LogP contribution in [0.3, 0.4) is 0 Å². The Labute approximate surface area is 101 Å². The molecule has 1 rings (SSSR count). The van der Waals surface area contributed by atoms with Gasteiger partial charge in [0.15, 0.2) is 0 Å². The first-order valence-electron chi connectivity index (χ1n) is 5.79. The maximum atomic E-state index is 11.7. The van der Waals surface area contributed by atoms with Gasteiger partial charge in [-0.1, -0.05) is 13.3 Å². The molecule has 1 amide bonds. The van der Waals surface area contributed by atoms with Gasteiger partial charge in [-0.3, -0.25) is 9.59 Å². The van der Waals surface area contributed by atoms with Crippen LogP contribution in [-0.2, 0) is 14.3 Å². The molecule has 4 N–H and O–H groups in total. The van der Waals surface area contributed by atoms with Crippen LogP contribution >= 0.6 is 0 Å². The lowest BCUT2D eigenvalue weighted by Gasteiger charge is -2.26. The van der Waals surface area contributed by atoms with Crippen molar-refractivity contribution >= 4 is 11.9 Å². The van der Waals surface area contributed by atoms with Crippen LogP contribution in [0.4, 0.5) is 0 Å². The molecule has 6 nitrogen and oxygen atoms in total. The molecule has 0 aromatic rings. The minimum absolute atomic E-state index is 0.107. The molecule has 17 heavy (non-hydrogen) atoms. The molecule has 0 spiro atoms. The number of rotatable bonds is 5. The molecule has 2 unspecified atom stereocenters. The quantitative estimate of drug-likeness (QED) is 0.617. The average Bonchev–Trinajstić information content (AvgIpc) is 2.62. The number of aliphatic carboxylic acids is 1. The summed E-state index contributed by atoms with van der Waals surface area (Å²) in [4.78, 5) is 22.9. The van der Waals surface area contributed by atoms with E-state index in [1.165, 1.54) is 0 Å². The molecular formula is C11H20N2O4. The van der Waals surface area contributed by atoms with Crippen molar-refractivity contribution < 1.29 is 19.4 Å². The number of carboxylic acid groups (broad SMARTS) is 1. The van der Waals surface area contributed by atoms with Gasteiger partial charge in [-0.2, -0.15) is 0 Å². The summed E-state index contributed by atoms with van der Waals surface area (Å²) in [6.45, 7) is 3.83. The molecule has 98 valence electrons. The van der Waals surface area contributed by atoms with Crippen molar-refractivity contribution in [3.8, 4) is 0 Å². The van der Waals surface area contributed by atoms with Crippen LogP contribution in [0.2, 0.25) is 0 Å². The zero-order valence-electron chi connectivity index (χ0n) is 10.2. The molecule has 3 atom stereocenters. The van der Waals surface area contributed by atoms with E-state index >= 15 is 0 Å². The number of hydrogen-bond acceptors (Lipinski definition) is 4. The van der Waals surface area contributed by atoms with E-state index in [1.54, 1.807) is 6.92 Å². The van der Waals surface area contributed by atoms with Crippen molar-refractivity contribution in [3.63, 3.8) is 0 Å². The van der Waals surface area contributed by atoms with Crippen LogP contribution < -0.4 is 11.1 Å². The normalized spacial score (nSPS) is 29.9. The highest BCUT2D eigenvalue weighted by atomic mass is 16.5. The highest BCUT2D eigenvalue weighted by Gasteiger charge is 2.47.